The summed E-state index contributed by atoms with van der Waals surface area (Å²) in [6, 6.07) is 6.06. The van der Waals surface area contributed by atoms with Crippen molar-refractivity contribution in [2.75, 3.05) is 53.1 Å². The molecule has 0 spiro atoms. The predicted octanol–water partition coefficient (Wildman–Crippen LogP) is 4.83. The number of nitrogens with zero attached hydrogens (tertiary/aromatic N) is 4. The van der Waals surface area contributed by atoms with Crippen molar-refractivity contribution in [3.8, 4) is 0 Å². The summed E-state index contributed by atoms with van der Waals surface area (Å²) in [5.41, 5.74) is 3.47. The molecule has 326 valence electrons. The number of unbranched alkanes of at least 4 members (excludes halogenated alkanes) is 1. The van der Waals surface area contributed by atoms with E-state index in [0.717, 1.165) is 50.9 Å². The SMILES string of the molecule is CCCC1=CC(CCC(=O)NC(COP(=O)([O-])O)C(=O)NCCCCC(=O)NCCSSc2ccccn2)=[N+]2C1=Cc1c(CCC)cc(CCC[N+](C)(C)C)n1[B-]2(F)F. The molecule has 0 bridgehead atoms. The van der Waals surface area contributed by atoms with Gasteiger partial charge in [0.05, 0.1) is 34.3 Å². The first-order chi connectivity index (χ1) is 27.9. The molecule has 2 aliphatic rings. The standard InChI is InChI=1S/C39H59BF2N7O7PS2/c1-6-13-29-25-31(15-12-23-49(3,4)5)47-34(29)27-35-30(14-7-2)26-32(48(35)40(47,41)42)18-19-37(51)46-33(28-56-57(53,54)55)39(52)45-21-10-8-16-36(50)43-22-24-58-59-38-17-9-11-20-44-38/h9,11,17,20,25-27,33H,6-8,10,12-16,18-19,21-24,28H2,1-5H3,(H4-,43,45,46,50,51,52,53,54,55). The zero-order chi connectivity index (χ0) is 43.2. The van der Waals surface area contributed by atoms with Crippen LogP contribution in [0.1, 0.15) is 88.6 Å². The number of allylic oxidation sites excluding steroid dienone is 2. The summed E-state index contributed by atoms with van der Waals surface area (Å²) in [6.07, 6.45) is 10.0. The number of aryl methyl sites for hydroxylation is 2. The van der Waals surface area contributed by atoms with E-state index in [9.17, 15) is 28.7 Å². The maximum absolute atomic E-state index is 17.0. The van der Waals surface area contributed by atoms with Crippen LogP contribution in [-0.4, -0.2) is 113 Å². The van der Waals surface area contributed by atoms with E-state index >= 15 is 8.63 Å². The average Bonchev–Trinajstić information content (AvgIpc) is 3.70. The highest BCUT2D eigenvalue weighted by Gasteiger charge is 2.54. The first-order valence-electron chi connectivity index (χ1n) is 20.3. The second-order valence-corrected chi connectivity index (χ2v) is 19.4. The van der Waals surface area contributed by atoms with E-state index in [1.54, 1.807) is 23.1 Å². The van der Waals surface area contributed by atoms with Crippen molar-refractivity contribution in [1.82, 2.24) is 25.4 Å². The fourth-order valence-electron chi connectivity index (χ4n) is 7.09. The van der Waals surface area contributed by atoms with Gasteiger partial charge in [-0.1, -0.05) is 43.5 Å². The molecule has 0 aromatic carbocycles. The molecule has 4 heterocycles. The van der Waals surface area contributed by atoms with Crippen LogP contribution in [0.15, 0.2) is 52.8 Å². The highest BCUT2D eigenvalue weighted by Crippen LogP contribution is 2.40. The Balaban J connectivity index is 1.36. The number of nitrogens with one attached hydrogen (secondary N) is 3. The summed E-state index contributed by atoms with van der Waals surface area (Å²) < 4.78 is 52.8. The zero-order valence-electron chi connectivity index (χ0n) is 34.7. The average molecular weight is 882 g/mol. The summed E-state index contributed by atoms with van der Waals surface area (Å²) in [7, 11) is 4.06. The van der Waals surface area contributed by atoms with Gasteiger partial charge in [-0.25, -0.2) is 4.98 Å². The van der Waals surface area contributed by atoms with Crippen molar-refractivity contribution in [2.24, 2.45) is 0 Å². The number of pyridine rings is 1. The molecule has 20 heteroatoms. The first kappa shape index (κ1) is 48.4. The largest absolute Gasteiger partial charge is 0.756 e. The van der Waals surface area contributed by atoms with E-state index in [2.05, 4.69) is 46.6 Å². The molecule has 2 aromatic heterocycles. The number of fused-ring (bicyclic) bond motifs is 2. The minimum Gasteiger partial charge on any atom is -0.756 e. The molecular weight excluding hydrogens is 822 g/mol. The molecule has 0 radical (unpaired) electrons. The maximum atomic E-state index is 17.0. The molecule has 0 saturated carbocycles. The van der Waals surface area contributed by atoms with Gasteiger partial charge in [0.1, 0.15) is 16.8 Å². The molecule has 3 amide bonds. The number of phosphoric acid groups is 1. The molecule has 14 nitrogen and oxygen atoms in total. The molecule has 4 N–H and O–H groups in total. The molecule has 0 saturated heterocycles. The lowest BCUT2D eigenvalue weighted by atomic mass is 9.88. The molecule has 4 rings (SSSR count). The van der Waals surface area contributed by atoms with Gasteiger partial charge in [0.15, 0.2) is 5.70 Å². The first-order valence-corrected chi connectivity index (χ1v) is 24.1. The predicted molar refractivity (Wildman–Crippen MR) is 229 cm³/mol. The van der Waals surface area contributed by atoms with E-state index in [-0.39, 0.29) is 37.4 Å². The maximum Gasteiger partial charge on any atom is 0.737 e. The number of quaternary nitrogens is 1. The van der Waals surface area contributed by atoms with Crippen LogP contribution in [0.2, 0.25) is 0 Å². The van der Waals surface area contributed by atoms with Crippen molar-refractivity contribution in [3.05, 3.63) is 64.8 Å². The smallest absolute Gasteiger partial charge is 0.737 e. The van der Waals surface area contributed by atoms with Crippen molar-refractivity contribution in [3.63, 3.8) is 0 Å². The lowest BCUT2D eigenvalue weighted by Crippen LogP contribution is -2.51. The van der Waals surface area contributed by atoms with Crippen LogP contribution in [0.3, 0.4) is 0 Å². The van der Waals surface area contributed by atoms with E-state index in [1.165, 1.54) is 15.3 Å². The second-order valence-electron chi connectivity index (χ2n) is 15.7. The number of halogens is 2. The summed E-state index contributed by atoms with van der Waals surface area (Å²) >= 11 is 0. The summed E-state index contributed by atoms with van der Waals surface area (Å²) in [6.45, 7) is 0.230. The van der Waals surface area contributed by atoms with Gasteiger partial charge in [-0.3, -0.25) is 18.9 Å². The normalized spacial score (nSPS) is 16.1. The van der Waals surface area contributed by atoms with Gasteiger partial charge < -0.3 is 52.3 Å². The van der Waals surface area contributed by atoms with Crippen LogP contribution in [0.4, 0.5) is 8.63 Å². The fraction of sp³-hybridized carbons (Fsp3) is 0.564. The van der Waals surface area contributed by atoms with Gasteiger partial charge in [-0.15, -0.1) is 0 Å². The Morgan fingerprint density at radius 2 is 1.78 bits per heavy atom. The Labute approximate surface area is 354 Å². The second kappa shape index (κ2) is 22.5. The monoisotopic (exact) mass is 881 g/mol. The van der Waals surface area contributed by atoms with Gasteiger partial charge in [0.2, 0.25) is 17.7 Å². The van der Waals surface area contributed by atoms with E-state index in [1.807, 2.05) is 44.2 Å². The number of rotatable bonds is 26. The molecule has 0 aliphatic carbocycles. The number of hydrogen-bond donors (Lipinski definition) is 4. The van der Waals surface area contributed by atoms with Crippen LogP contribution in [0.5, 0.6) is 0 Å². The lowest BCUT2D eigenvalue weighted by molar-refractivity contribution is -0.870. The molecule has 2 atom stereocenters. The van der Waals surface area contributed by atoms with Crippen molar-refractivity contribution in [1.29, 1.82) is 0 Å². The highest BCUT2D eigenvalue weighted by molar-refractivity contribution is 8.76. The van der Waals surface area contributed by atoms with Gasteiger partial charge >= 0.3 is 6.97 Å². The number of amides is 3. The van der Waals surface area contributed by atoms with Gasteiger partial charge in [-0.2, -0.15) is 0 Å². The third kappa shape index (κ3) is 15.0. The van der Waals surface area contributed by atoms with E-state index in [0.29, 0.717) is 61.5 Å². The van der Waals surface area contributed by atoms with E-state index in [4.69, 9.17) is 0 Å². The minimum absolute atomic E-state index is 0.0813. The Kier molecular flexibility index (Phi) is 18.4. The number of carbonyl (C=O) groups is 3. The summed E-state index contributed by atoms with van der Waals surface area (Å²) in [5.74, 6) is -0.915. The number of phosphoric ester groups is 1. The Hall–Kier alpha value is -3.32. The zero-order valence-corrected chi connectivity index (χ0v) is 37.2. The van der Waals surface area contributed by atoms with E-state index < -0.39 is 39.3 Å². The quantitative estimate of drug-likeness (QED) is 0.0337. The van der Waals surface area contributed by atoms with Crippen molar-refractivity contribution < 1.29 is 50.9 Å². The van der Waals surface area contributed by atoms with Gasteiger partial charge in [-0.05, 0) is 72.4 Å². The molecule has 2 aromatic rings. The summed E-state index contributed by atoms with van der Waals surface area (Å²) in [5, 5.41) is 8.78. The third-order valence-electron chi connectivity index (χ3n) is 9.76. The molecule has 2 aliphatic heterocycles. The third-order valence-corrected chi connectivity index (χ3v) is 12.5. The topological polar surface area (TPSA) is 178 Å². The molecule has 59 heavy (non-hydrogen) atoms. The Morgan fingerprint density at radius 3 is 2.46 bits per heavy atom. The van der Waals surface area contributed by atoms with Gasteiger partial charge in [0, 0.05) is 74.1 Å². The van der Waals surface area contributed by atoms with Crippen LogP contribution in [-0.2, 0) is 36.3 Å². The molecule has 0 fully saturated rings. The minimum atomic E-state index is -5.25. The van der Waals surface area contributed by atoms with Crippen LogP contribution < -0.4 is 20.8 Å². The summed E-state index contributed by atoms with van der Waals surface area (Å²) in [4.78, 5) is 63.4. The molecule has 2 unspecified atom stereocenters. The number of carbonyl (C=O) groups excluding carboxylic acids is 3. The highest BCUT2D eigenvalue weighted by atomic mass is 33.1. The van der Waals surface area contributed by atoms with Gasteiger partial charge in [0.25, 0.3) is 7.82 Å². The van der Waals surface area contributed by atoms with Crippen molar-refractivity contribution >= 4 is 65.9 Å². The molecular formula is C39H59BF2N7O7PS2. The van der Waals surface area contributed by atoms with Crippen LogP contribution >= 0.6 is 29.4 Å². The van der Waals surface area contributed by atoms with Crippen LogP contribution in [0.25, 0.3) is 6.08 Å². The Morgan fingerprint density at radius 1 is 1.02 bits per heavy atom. The van der Waals surface area contributed by atoms with Crippen LogP contribution in [0, 0.1) is 0 Å². The lowest BCUT2D eigenvalue weighted by Gasteiger charge is -2.32. The Bertz CT molecular complexity index is 1920. The fourth-order valence-corrected chi connectivity index (χ4v) is 9.22. The number of hydrogen-bond acceptors (Lipinski definition) is 9. The number of aromatic nitrogens is 2. The van der Waals surface area contributed by atoms with Crippen molar-refractivity contribution in [2.45, 2.75) is 95.5 Å².